The highest BCUT2D eigenvalue weighted by molar-refractivity contribution is 7.18. The Balaban J connectivity index is 1.40. The molecule has 6 heteroatoms. The van der Waals surface area contributed by atoms with Gasteiger partial charge in [-0.3, -0.25) is 4.79 Å². The topological polar surface area (TPSA) is 54.9 Å². The minimum Gasteiger partial charge on any atom is -0.301 e. The molecule has 4 nitrogen and oxygen atoms in total. The maximum absolute atomic E-state index is 12.3. The summed E-state index contributed by atoms with van der Waals surface area (Å²) in [6.45, 7) is 0. The Kier molecular flexibility index (Phi) is 4.07. The first-order valence-electron chi connectivity index (χ1n) is 8.07. The van der Waals surface area contributed by atoms with Crippen LogP contribution < -0.4 is 5.32 Å². The summed E-state index contributed by atoms with van der Waals surface area (Å²) in [6.07, 6.45) is 5.83. The normalized spacial score (nSPS) is 25.7. The first kappa shape index (κ1) is 15.1. The molecule has 1 heterocycles. The fourth-order valence-corrected chi connectivity index (χ4v) is 5.13. The molecule has 0 saturated heterocycles. The number of carbonyl (C=O) groups is 1. The number of nitrogens with zero attached hydrogens (tertiary/aromatic N) is 2. The van der Waals surface area contributed by atoms with Crippen LogP contribution in [0.2, 0.25) is 5.02 Å². The van der Waals surface area contributed by atoms with Gasteiger partial charge in [0.15, 0.2) is 5.01 Å². The van der Waals surface area contributed by atoms with Crippen molar-refractivity contribution >= 4 is 34.0 Å². The van der Waals surface area contributed by atoms with Crippen molar-refractivity contribution in [1.29, 1.82) is 0 Å². The molecule has 2 saturated carbocycles. The van der Waals surface area contributed by atoms with Crippen molar-refractivity contribution < 1.29 is 4.79 Å². The smallest absolute Gasteiger partial charge is 0.226 e. The Labute approximate surface area is 144 Å². The number of aromatic nitrogens is 2. The monoisotopic (exact) mass is 347 g/mol. The summed E-state index contributed by atoms with van der Waals surface area (Å²) in [5.74, 6) is 2.25. The van der Waals surface area contributed by atoms with E-state index >= 15 is 0 Å². The lowest BCUT2D eigenvalue weighted by molar-refractivity contribution is -0.117. The van der Waals surface area contributed by atoms with Crippen molar-refractivity contribution in [3.63, 3.8) is 0 Å². The fraction of sp³-hybridized carbons (Fsp3) is 0.471. The van der Waals surface area contributed by atoms with Gasteiger partial charge in [-0.15, -0.1) is 10.2 Å². The highest BCUT2D eigenvalue weighted by Crippen LogP contribution is 2.49. The summed E-state index contributed by atoms with van der Waals surface area (Å²) in [7, 11) is 0. The van der Waals surface area contributed by atoms with Gasteiger partial charge >= 0.3 is 0 Å². The van der Waals surface area contributed by atoms with Crippen molar-refractivity contribution in [3.8, 4) is 10.6 Å². The molecule has 2 fully saturated rings. The lowest BCUT2D eigenvalue weighted by Crippen LogP contribution is -2.20. The first-order chi connectivity index (χ1) is 11.2. The average molecular weight is 348 g/mol. The number of hydrogen-bond donors (Lipinski definition) is 1. The van der Waals surface area contributed by atoms with Crippen LogP contribution in [-0.4, -0.2) is 16.1 Å². The predicted molar refractivity (Wildman–Crippen MR) is 92.5 cm³/mol. The molecule has 120 valence electrons. The van der Waals surface area contributed by atoms with Crippen LogP contribution in [-0.2, 0) is 4.79 Å². The number of halogens is 1. The van der Waals surface area contributed by atoms with Gasteiger partial charge in [-0.25, -0.2) is 0 Å². The van der Waals surface area contributed by atoms with Gasteiger partial charge in [0, 0.05) is 12.0 Å². The van der Waals surface area contributed by atoms with Crippen LogP contribution in [0.4, 0.5) is 5.13 Å². The van der Waals surface area contributed by atoms with Crippen molar-refractivity contribution in [3.05, 3.63) is 29.3 Å². The average Bonchev–Trinajstić information content (AvgIpc) is 3.24. The predicted octanol–water partition coefficient (Wildman–Crippen LogP) is 4.62. The van der Waals surface area contributed by atoms with E-state index in [4.69, 9.17) is 11.6 Å². The molecule has 3 atom stereocenters. The molecule has 0 spiro atoms. The van der Waals surface area contributed by atoms with Crippen molar-refractivity contribution in [2.45, 2.75) is 32.1 Å². The number of hydrogen-bond acceptors (Lipinski definition) is 4. The van der Waals surface area contributed by atoms with Gasteiger partial charge in [-0.2, -0.15) is 0 Å². The highest BCUT2D eigenvalue weighted by atomic mass is 35.5. The van der Waals surface area contributed by atoms with Crippen LogP contribution in [0, 0.1) is 17.8 Å². The molecule has 1 N–H and O–H groups in total. The van der Waals surface area contributed by atoms with E-state index in [2.05, 4.69) is 15.5 Å². The Bertz CT molecular complexity index is 732. The molecule has 1 amide bonds. The Morgan fingerprint density at radius 2 is 2.13 bits per heavy atom. The highest BCUT2D eigenvalue weighted by Gasteiger charge is 2.40. The number of carbonyl (C=O) groups excluding carboxylic acids is 1. The van der Waals surface area contributed by atoms with Gasteiger partial charge in [0.1, 0.15) is 0 Å². The van der Waals surface area contributed by atoms with Gasteiger partial charge in [-0.1, -0.05) is 47.6 Å². The summed E-state index contributed by atoms with van der Waals surface area (Å²) in [5.41, 5.74) is 0.847. The van der Waals surface area contributed by atoms with E-state index in [1.54, 1.807) is 0 Å². The molecular formula is C17H18ClN3OS. The summed E-state index contributed by atoms with van der Waals surface area (Å²) in [6, 6.07) is 7.52. The quantitative estimate of drug-likeness (QED) is 0.877. The second kappa shape index (κ2) is 6.21. The first-order valence-corrected chi connectivity index (χ1v) is 9.27. The lowest BCUT2D eigenvalue weighted by atomic mass is 9.86. The molecule has 0 unspecified atom stereocenters. The second-order valence-corrected chi connectivity index (χ2v) is 7.96. The standard InChI is InChI=1S/C17H18ClN3OS/c18-14-4-2-1-3-13(14)16-20-21-17(23-16)19-15(22)9-12-8-10-5-6-11(12)7-10/h1-4,10-12H,5-9H2,(H,19,21,22)/t10-,11+,12+/m0/s1. The van der Waals surface area contributed by atoms with Crippen molar-refractivity contribution in [2.75, 3.05) is 5.32 Å². The van der Waals surface area contributed by atoms with E-state index in [-0.39, 0.29) is 5.91 Å². The number of rotatable bonds is 4. The molecule has 2 aliphatic rings. The minimum atomic E-state index is 0.0596. The van der Waals surface area contributed by atoms with Gasteiger partial charge in [-0.05, 0) is 43.1 Å². The van der Waals surface area contributed by atoms with E-state index < -0.39 is 0 Å². The SMILES string of the molecule is O=C(C[C@H]1C[C@H]2CC[C@@H]1C2)Nc1nnc(-c2ccccc2Cl)s1. The maximum Gasteiger partial charge on any atom is 0.226 e. The Hall–Kier alpha value is -1.46. The van der Waals surface area contributed by atoms with Gasteiger partial charge < -0.3 is 5.32 Å². The van der Waals surface area contributed by atoms with Crippen LogP contribution in [0.25, 0.3) is 10.6 Å². The zero-order valence-corrected chi connectivity index (χ0v) is 14.2. The van der Waals surface area contributed by atoms with Crippen molar-refractivity contribution in [1.82, 2.24) is 10.2 Å². The molecule has 1 aromatic heterocycles. The van der Waals surface area contributed by atoms with Crippen LogP contribution in [0.1, 0.15) is 32.1 Å². The summed E-state index contributed by atoms with van der Waals surface area (Å²) in [4.78, 5) is 12.3. The Morgan fingerprint density at radius 1 is 1.26 bits per heavy atom. The van der Waals surface area contributed by atoms with Crippen LogP contribution >= 0.6 is 22.9 Å². The van der Waals surface area contributed by atoms with E-state index in [1.807, 2.05) is 24.3 Å². The maximum atomic E-state index is 12.3. The van der Waals surface area contributed by atoms with E-state index in [0.29, 0.717) is 22.5 Å². The largest absolute Gasteiger partial charge is 0.301 e. The number of benzene rings is 1. The van der Waals surface area contributed by atoms with Gasteiger partial charge in [0.05, 0.1) is 5.02 Å². The molecule has 23 heavy (non-hydrogen) atoms. The molecule has 1 aromatic carbocycles. The number of nitrogens with one attached hydrogen (secondary N) is 1. The number of anilines is 1. The van der Waals surface area contributed by atoms with Crippen molar-refractivity contribution in [2.24, 2.45) is 17.8 Å². The summed E-state index contributed by atoms with van der Waals surface area (Å²) in [5, 5.41) is 13.0. The molecule has 0 radical (unpaired) electrons. The molecule has 0 aliphatic heterocycles. The van der Waals surface area contributed by atoms with Crippen LogP contribution in [0.15, 0.2) is 24.3 Å². The van der Waals surface area contributed by atoms with E-state index in [9.17, 15) is 4.79 Å². The minimum absolute atomic E-state index is 0.0596. The van der Waals surface area contributed by atoms with Crippen LogP contribution in [0.3, 0.4) is 0 Å². The Morgan fingerprint density at radius 3 is 2.87 bits per heavy atom. The molecule has 2 aliphatic carbocycles. The van der Waals surface area contributed by atoms with Crippen LogP contribution in [0.5, 0.6) is 0 Å². The molecule has 2 aromatic rings. The van der Waals surface area contributed by atoms with E-state index in [0.717, 1.165) is 22.4 Å². The molecular weight excluding hydrogens is 330 g/mol. The zero-order chi connectivity index (χ0) is 15.8. The van der Waals surface area contributed by atoms with E-state index in [1.165, 1.54) is 37.0 Å². The number of amides is 1. The second-order valence-electron chi connectivity index (χ2n) is 6.58. The van der Waals surface area contributed by atoms with Gasteiger partial charge in [0.25, 0.3) is 0 Å². The summed E-state index contributed by atoms with van der Waals surface area (Å²) < 4.78 is 0. The number of fused-ring (bicyclic) bond motifs is 2. The fourth-order valence-electron chi connectivity index (χ4n) is 4.05. The summed E-state index contributed by atoms with van der Waals surface area (Å²) >= 11 is 7.54. The zero-order valence-electron chi connectivity index (χ0n) is 12.7. The third-order valence-electron chi connectivity index (χ3n) is 5.11. The third kappa shape index (κ3) is 3.12. The van der Waals surface area contributed by atoms with Gasteiger partial charge in [0.2, 0.25) is 11.0 Å². The lowest BCUT2D eigenvalue weighted by Gasteiger charge is -2.20. The third-order valence-corrected chi connectivity index (χ3v) is 6.31. The molecule has 4 rings (SSSR count). The molecule has 2 bridgehead atoms.